The zero-order valence-corrected chi connectivity index (χ0v) is 11.2. The van der Waals surface area contributed by atoms with Crippen molar-refractivity contribution in [2.45, 2.75) is 40.0 Å². The Labute approximate surface area is 108 Å². The van der Waals surface area contributed by atoms with E-state index in [-0.39, 0.29) is 11.2 Å². The first kappa shape index (κ1) is 14.7. The van der Waals surface area contributed by atoms with E-state index in [2.05, 4.69) is 20.8 Å². The lowest BCUT2D eigenvalue weighted by Gasteiger charge is -2.21. The Hall–Kier alpha value is -1.38. The first-order chi connectivity index (χ1) is 8.28. The molecule has 0 bridgehead atoms. The van der Waals surface area contributed by atoms with Crippen LogP contribution < -0.4 is 0 Å². The van der Waals surface area contributed by atoms with E-state index in [0.29, 0.717) is 12.8 Å². The Kier molecular flexibility index (Phi) is 4.88. The van der Waals surface area contributed by atoms with Gasteiger partial charge < -0.3 is 5.11 Å². The standard InChI is InChI=1S/C15H21FO2/c1-15(2,3)8-7-12(14(17)18)9-11-5-4-6-13(16)10-11/h4-6,10,12H,7-9H2,1-3H3,(H,17,18). The molecule has 0 spiro atoms. The molecule has 0 aliphatic rings. The summed E-state index contributed by atoms with van der Waals surface area (Å²) in [5.74, 6) is -1.55. The van der Waals surface area contributed by atoms with Crippen molar-refractivity contribution in [2.75, 3.05) is 0 Å². The molecule has 2 nitrogen and oxygen atoms in total. The number of halogens is 1. The van der Waals surface area contributed by atoms with Crippen LogP contribution in [0.2, 0.25) is 0 Å². The summed E-state index contributed by atoms with van der Waals surface area (Å²) in [7, 11) is 0. The highest BCUT2D eigenvalue weighted by molar-refractivity contribution is 5.70. The molecule has 0 fully saturated rings. The molecule has 0 heterocycles. The SMILES string of the molecule is CC(C)(C)CCC(Cc1cccc(F)c1)C(=O)O. The Bertz CT molecular complexity index is 407. The Morgan fingerprint density at radius 2 is 2.06 bits per heavy atom. The van der Waals surface area contributed by atoms with Crippen LogP contribution >= 0.6 is 0 Å². The maximum atomic E-state index is 13.0. The number of benzene rings is 1. The van der Waals surface area contributed by atoms with Gasteiger partial charge in [0.1, 0.15) is 5.82 Å². The number of aliphatic carboxylic acids is 1. The molecule has 0 saturated carbocycles. The van der Waals surface area contributed by atoms with Crippen LogP contribution in [0.4, 0.5) is 4.39 Å². The molecule has 1 aromatic carbocycles. The van der Waals surface area contributed by atoms with E-state index >= 15 is 0 Å². The highest BCUT2D eigenvalue weighted by Gasteiger charge is 2.21. The van der Waals surface area contributed by atoms with E-state index in [1.165, 1.54) is 12.1 Å². The minimum atomic E-state index is -0.802. The van der Waals surface area contributed by atoms with Crippen LogP contribution in [0.15, 0.2) is 24.3 Å². The zero-order chi connectivity index (χ0) is 13.8. The third-order valence-electron chi connectivity index (χ3n) is 2.96. The molecule has 1 aromatic rings. The maximum Gasteiger partial charge on any atom is 0.306 e. The first-order valence-corrected chi connectivity index (χ1v) is 6.25. The van der Waals surface area contributed by atoms with Crippen molar-refractivity contribution < 1.29 is 14.3 Å². The van der Waals surface area contributed by atoms with Crippen molar-refractivity contribution in [1.82, 2.24) is 0 Å². The van der Waals surface area contributed by atoms with Gasteiger partial charge in [-0.2, -0.15) is 0 Å². The Balaban J connectivity index is 2.66. The minimum absolute atomic E-state index is 0.121. The summed E-state index contributed by atoms with van der Waals surface area (Å²) in [5.41, 5.74) is 0.867. The lowest BCUT2D eigenvalue weighted by atomic mass is 9.84. The number of carboxylic acid groups (broad SMARTS) is 1. The number of carbonyl (C=O) groups is 1. The van der Waals surface area contributed by atoms with Crippen LogP contribution in [0.25, 0.3) is 0 Å². The summed E-state index contributed by atoms with van der Waals surface area (Å²) in [6.07, 6.45) is 1.86. The summed E-state index contributed by atoms with van der Waals surface area (Å²) in [6, 6.07) is 6.17. The fourth-order valence-corrected chi connectivity index (χ4v) is 1.87. The van der Waals surface area contributed by atoms with Gasteiger partial charge in [-0.15, -0.1) is 0 Å². The van der Waals surface area contributed by atoms with Gasteiger partial charge in [0.25, 0.3) is 0 Å². The molecule has 0 saturated heterocycles. The second-order valence-corrected chi connectivity index (χ2v) is 5.97. The van der Waals surface area contributed by atoms with Crippen LogP contribution in [0, 0.1) is 17.2 Å². The Morgan fingerprint density at radius 3 is 2.56 bits per heavy atom. The largest absolute Gasteiger partial charge is 0.481 e. The van der Waals surface area contributed by atoms with E-state index < -0.39 is 11.9 Å². The van der Waals surface area contributed by atoms with Gasteiger partial charge in [0.15, 0.2) is 0 Å². The van der Waals surface area contributed by atoms with E-state index in [0.717, 1.165) is 12.0 Å². The molecule has 100 valence electrons. The maximum absolute atomic E-state index is 13.0. The molecule has 1 rings (SSSR count). The van der Waals surface area contributed by atoms with Gasteiger partial charge in [-0.25, -0.2) is 4.39 Å². The van der Waals surface area contributed by atoms with Crippen molar-refractivity contribution in [1.29, 1.82) is 0 Å². The number of rotatable bonds is 5. The predicted octanol–water partition coefficient (Wildman–Crippen LogP) is 3.90. The fourth-order valence-electron chi connectivity index (χ4n) is 1.87. The lowest BCUT2D eigenvalue weighted by Crippen LogP contribution is -2.19. The molecule has 0 aliphatic carbocycles. The summed E-state index contributed by atoms with van der Waals surface area (Å²) in [5, 5.41) is 9.21. The summed E-state index contributed by atoms with van der Waals surface area (Å²) >= 11 is 0. The molecule has 18 heavy (non-hydrogen) atoms. The van der Waals surface area contributed by atoms with Crippen molar-refractivity contribution in [3.8, 4) is 0 Å². The highest BCUT2D eigenvalue weighted by Crippen LogP contribution is 2.25. The average molecular weight is 252 g/mol. The second kappa shape index (κ2) is 5.98. The van der Waals surface area contributed by atoms with Gasteiger partial charge >= 0.3 is 5.97 Å². The smallest absolute Gasteiger partial charge is 0.306 e. The molecule has 1 unspecified atom stereocenters. The average Bonchev–Trinajstić information content (AvgIpc) is 2.22. The summed E-state index contributed by atoms with van der Waals surface area (Å²) in [6.45, 7) is 6.27. The van der Waals surface area contributed by atoms with Crippen molar-refractivity contribution in [3.05, 3.63) is 35.6 Å². The van der Waals surface area contributed by atoms with Crippen LogP contribution in [-0.2, 0) is 11.2 Å². The molecular weight excluding hydrogens is 231 g/mol. The minimum Gasteiger partial charge on any atom is -0.481 e. The quantitative estimate of drug-likeness (QED) is 0.863. The number of hydrogen-bond acceptors (Lipinski definition) is 1. The van der Waals surface area contributed by atoms with E-state index in [9.17, 15) is 14.3 Å². The van der Waals surface area contributed by atoms with Crippen LogP contribution in [0.1, 0.15) is 39.2 Å². The zero-order valence-electron chi connectivity index (χ0n) is 11.2. The molecular formula is C15H21FO2. The molecule has 3 heteroatoms. The normalized spacial score (nSPS) is 13.3. The number of carboxylic acids is 1. The van der Waals surface area contributed by atoms with Gasteiger partial charge in [0.05, 0.1) is 5.92 Å². The predicted molar refractivity (Wildman–Crippen MR) is 69.9 cm³/mol. The van der Waals surface area contributed by atoms with Crippen LogP contribution in [0.5, 0.6) is 0 Å². The number of hydrogen-bond donors (Lipinski definition) is 1. The second-order valence-electron chi connectivity index (χ2n) is 5.97. The van der Waals surface area contributed by atoms with E-state index in [1.54, 1.807) is 12.1 Å². The fraction of sp³-hybridized carbons (Fsp3) is 0.533. The van der Waals surface area contributed by atoms with E-state index in [1.807, 2.05) is 0 Å². The highest BCUT2D eigenvalue weighted by atomic mass is 19.1. The van der Waals surface area contributed by atoms with Gasteiger partial charge in [-0.3, -0.25) is 4.79 Å². The molecule has 0 radical (unpaired) electrons. The van der Waals surface area contributed by atoms with Gasteiger partial charge in [-0.1, -0.05) is 32.9 Å². The molecule has 0 amide bonds. The van der Waals surface area contributed by atoms with Gasteiger partial charge in [-0.05, 0) is 42.4 Å². The van der Waals surface area contributed by atoms with Crippen molar-refractivity contribution in [3.63, 3.8) is 0 Å². The first-order valence-electron chi connectivity index (χ1n) is 6.25. The van der Waals surface area contributed by atoms with Gasteiger partial charge in [0.2, 0.25) is 0 Å². The van der Waals surface area contributed by atoms with Gasteiger partial charge in [0, 0.05) is 0 Å². The van der Waals surface area contributed by atoms with Crippen molar-refractivity contribution >= 4 is 5.97 Å². The van der Waals surface area contributed by atoms with Crippen molar-refractivity contribution in [2.24, 2.45) is 11.3 Å². The van der Waals surface area contributed by atoms with Crippen LogP contribution in [0.3, 0.4) is 0 Å². The molecule has 0 aromatic heterocycles. The summed E-state index contributed by atoms with van der Waals surface area (Å²) in [4.78, 5) is 11.2. The third kappa shape index (κ3) is 5.30. The topological polar surface area (TPSA) is 37.3 Å². The molecule has 0 aliphatic heterocycles. The monoisotopic (exact) mass is 252 g/mol. The lowest BCUT2D eigenvalue weighted by molar-refractivity contribution is -0.142. The molecule has 1 N–H and O–H groups in total. The third-order valence-corrected chi connectivity index (χ3v) is 2.96. The van der Waals surface area contributed by atoms with Crippen LogP contribution in [-0.4, -0.2) is 11.1 Å². The summed E-state index contributed by atoms with van der Waals surface area (Å²) < 4.78 is 13.0. The Morgan fingerprint density at radius 1 is 1.39 bits per heavy atom. The van der Waals surface area contributed by atoms with E-state index in [4.69, 9.17) is 0 Å². The molecule has 1 atom stereocenters.